The molecule has 3 amide bonds. The van der Waals surface area contributed by atoms with E-state index in [0.29, 0.717) is 19.6 Å². The van der Waals surface area contributed by atoms with Crippen molar-refractivity contribution in [1.82, 2.24) is 14.4 Å². The van der Waals surface area contributed by atoms with Gasteiger partial charge in [0.15, 0.2) is 0 Å². The fraction of sp³-hybridized carbons (Fsp3) is 0.357. The molecule has 0 aliphatic carbocycles. The van der Waals surface area contributed by atoms with Crippen LogP contribution >= 0.6 is 0 Å². The fourth-order valence-electron chi connectivity index (χ4n) is 4.85. The first-order valence-electron chi connectivity index (χ1n) is 12.1. The summed E-state index contributed by atoms with van der Waals surface area (Å²) >= 11 is 0. The number of carbonyl (C=O) groups excluding carboxylic acids is 2. The number of ether oxygens (including phenoxy) is 1. The van der Waals surface area contributed by atoms with E-state index >= 15 is 0 Å². The molecule has 2 heterocycles. The molecule has 0 saturated heterocycles. The molecule has 1 N–H and O–H groups in total. The second kappa shape index (κ2) is 10.7. The fourth-order valence-corrected chi connectivity index (χ4v) is 4.85. The standard InChI is InChI=1S/C28H34N4O3/c1-5-15-31(28(34)29-26-20(2)10-8-11-21(26)3)19-25(33)32-18-17-30-16-9-13-23(30)27(32)22-12-6-7-14-24(22)35-4/h6-14,16,27H,5,15,17-19H2,1-4H3,(H,29,34). The number of benzene rings is 2. The summed E-state index contributed by atoms with van der Waals surface area (Å²) in [6.07, 6.45) is 2.80. The van der Waals surface area contributed by atoms with E-state index in [0.717, 1.165) is 40.2 Å². The van der Waals surface area contributed by atoms with Gasteiger partial charge in [-0.15, -0.1) is 0 Å². The van der Waals surface area contributed by atoms with E-state index in [4.69, 9.17) is 4.74 Å². The lowest BCUT2D eigenvalue weighted by Crippen LogP contribution is -2.49. The third-order valence-corrected chi connectivity index (χ3v) is 6.61. The van der Waals surface area contributed by atoms with Crippen LogP contribution in [-0.4, -0.2) is 53.0 Å². The summed E-state index contributed by atoms with van der Waals surface area (Å²) in [6.45, 7) is 7.72. The molecular weight excluding hydrogens is 440 g/mol. The number of nitrogens with zero attached hydrogens (tertiary/aromatic N) is 3. The number of hydrogen-bond acceptors (Lipinski definition) is 3. The summed E-state index contributed by atoms with van der Waals surface area (Å²) in [7, 11) is 1.65. The van der Waals surface area contributed by atoms with Crippen molar-refractivity contribution in [2.75, 3.05) is 32.1 Å². The number of amides is 3. The molecule has 2 aromatic carbocycles. The van der Waals surface area contributed by atoms with Gasteiger partial charge in [-0.1, -0.05) is 43.3 Å². The smallest absolute Gasteiger partial charge is 0.322 e. The number of aromatic nitrogens is 1. The van der Waals surface area contributed by atoms with Crippen LogP contribution in [0.25, 0.3) is 0 Å². The highest BCUT2D eigenvalue weighted by atomic mass is 16.5. The van der Waals surface area contributed by atoms with Crippen molar-refractivity contribution in [3.63, 3.8) is 0 Å². The minimum atomic E-state index is -0.285. The SMILES string of the molecule is CCCN(CC(=O)N1CCn2cccc2C1c1ccccc1OC)C(=O)Nc1c(C)cccc1C. The monoisotopic (exact) mass is 474 g/mol. The second-order valence-corrected chi connectivity index (χ2v) is 8.98. The Bertz CT molecular complexity index is 1180. The van der Waals surface area contributed by atoms with Crippen molar-refractivity contribution < 1.29 is 14.3 Å². The summed E-state index contributed by atoms with van der Waals surface area (Å²) in [6, 6.07) is 17.2. The summed E-state index contributed by atoms with van der Waals surface area (Å²) in [5.74, 6) is 0.654. The third kappa shape index (κ3) is 5.04. The Kier molecular flexibility index (Phi) is 7.44. The minimum Gasteiger partial charge on any atom is -0.496 e. The van der Waals surface area contributed by atoms with Crippen LogP contribution in [-0.2, 0) is 11.3 Å². The molecule has 1 unspecified atom stereocenters. The van der Waals surface area contributed by atoms with Gasteiger partial charge in [0.05, 0.1) is 7.11 Å². The van der Waals surface area contributed by atoms with Gasteiger partial charge in [0.25, 0.3) is 0 Å². The van der Waals surface area contributed by atoms with Gasteiger partial charge in [0, 0.05) is 42.8 Å². The zero-order valence-corrected chi connectivity index (χ0v) is 21.0. The average molecular weight is 475 g/mol. The van der Waals surface area contributed by atoms with Crippen LogP contribution in [0.15, 0.2) is 60.8 Å². The van der Waals surface area contributed by atoms with Crippen LogP contribution < -0.4 is 10.1 Å². The van der Waals surface area contributed by atoms with E-state index in [1.807, 2.05) is 86.5 Å². The topological polar surface area (TPSA) is 66.8 Å². The Labute approximate surface area is 207 Å². The highest BCUT2D eigenvalue weighted by Gasteiger charge is 2.35. The number of anilines is 1. The second-order valence-electron chi connectivity index (χ2n) is 8.98. The first-order chi connectivity index (χ1) is 16.9. The molecule has 7 nitrogen and oxygen atoms in total. The van der Waals surface area contributed by atoms with E-state index in [1.54, 1.807) is 12.0 Å². The van der Waals surface area contributed by atoms with Gasteiger partial charge in [-0.3, -0.25) is 4.79 Å². The Hall–Kier alpha value is -3.74. The van der Waals surface area contributed by atoms with Gasteiger partial charge < -0.3 is 24.4 Å². The van der Waals surface area contributed by atoms with Crippen molar-refractivity contribution in [3.8, 4) is 5.75 Å². The highest BCUT2D eigenvalue weighted by molar-refractivity contribution is 5.93. The number of urea groups is 1. The molecule has 184 valence electrons. The molecule has 1 aromatic heterocycles. The maximum atomic E-state index is 13.7. The Morgan fingerprint density at radius 1 is 1.03 bits per heavy atom. The first kappa shape index (κ1) is 24.4. The zero-order chi connectivity index (χ0) is 24.9. The lowest BCUT2D eigenvalue weighted by molar-refractivity contribution is -0.134. The number of fused-ring (bicyclic) bond motifs is 1. The number of rotatable bonds is 7. The van der Waals surface area contributed by atoms with Gasteiger partial charge in [-0.25, -0.2) is 4.79 Å². The maximum absolute atomic E-state index is 13.7. The number of aryl methyl sites for hydroxylation is 2. The molecule has 35 heavy (non-hydrogen) atoms. The summed E-state index contributed by atoms with van der Waals surface area (Å²) < 4.78 is 7.82. The zero-order valence-electron chi connectivity index (χ0n) is 21.0. The van der Waals surface area contributed by atoms with Crippen molar-refractivity contribution in [3.05, 3.63) is 83.2 Å². The normalized spacial score (nSPS) is 14.9. The number of hydrogen-bond donors (Lipinski definition) is 1. The Balaban J connectivity index is 1.60. The van der Waals surface area contributed by atoms with Crippen LogP contribution in [0, 0.1) is 13.8 Å². The molecule has 1 aliphatic rings. The molecule has 4 rings (SSSR count). The molecular formula is C28H34N4O3. The van der Waals surface area contributed by atoms with Crippen LogP contribution in [0.5, 0.6) is 5.75 Å². The van der Waals surface area contributed by atoms with E-state index in [9.17, 15) is 9.59 Å². The minimum absolute atomic E-state index is 0.0109. The van der Waals surface area contributed by atoms with E-state index < -0.39 is 0 Å². The first-order valence-corrected chi connectivity index (χ1v) is 12.1. The molecule has 0 spiro atoms. The maximum Gasteiger partial charge on any atom is 0.322 e. The van der Waals surface area contributed by atoms with Crippen molar-refractivity contribution >= 4 is 17.6 Å². The van der Waals surface area contributed by atoms with Gasteiger partial charge in [-0.05, 0) is 49.6 Å². The van der Waals surface area contributed by atoms with Gasteiger partial charge in [0.2, 0.25) is 5.91 Å². The predicted molar refractivity (Wildman–Crippen MR) is 138 cm³/mol. The van der Waals surface area contributed by atoms with Crippen LogP contribution in [0.4, 0.5) is 10.5 Å². The van der Waals surface area contributed by atoms with E-state index in [1.165, 1.54) is 0 Å². The average Bonchev–Trinajstić information content (AvgIpc) is 3.34. The number of carbonyl (C=O) groups is 2. The lowest BCUT2D eigenvalue weighted by atomic mass is 9.98. The largest absolute Gasteiger partial charge is 0.496 e. The molecule has 0 radical (unpaired) electrons. The predicted octanol–water partition coefficient (Wildman–Crippen LogP) is 4.99. The van der Waals surface area contributed by atoms with Crippen molar-refractivity contribution in [2.24, 2.45) is 0 Å². The molecule has 0 fully saturated rings. The Morgan fingerprint density at radius 2 is 1.77 bits per heavy atom. The number of nitrogens with one attached hydrogen (secondary N) is 1. The molecule has 7 heteroatoms. The Morgan fingerprint density at radius 3 is 2.49 bits per heavy atom. The van der Waals surface area contributed by atoms with Crippen molar-refractivity contribution in [2.45, 2.75) is 39.8 Å². The van der Waals surface area contributed by atoms with E-state index in [2.05, 4.69) is 9.88 Å². The van der Waals surface area contributed by atoms with E-state index in [-0.39, 0.29) is 24.5 Å². The van der Waals surface area contributed by atoms with Crippen molar-refractivity contribution in [1.29, 1.82) is 0 Å². The summed E-state index contributed by atoms with van der Waals surface area (Å²) in [5, 5.41) is 3.04. The molecule has 0 bridgehead atoms. The third-order valence-electron chi connectivity index (χ3n) is 6.61. The van der Waals surface area contributed by atoms with Crippen LogP contribution in [0.1, 0.15) is 41.8 Å². The van der Waals surface area contributed by atoms with Gasteiger partial charge in [0.1, 0.15) is 18.3 Å². The van der Waals surface area contributed by atoms with Gasteiger partial charge >= 0.3 is 6.03 Å². The molecule has 0 saturated carbocycles. The quantitative estimate of drug-likeness (QED) is 0.525. The summed E-state index contributed by atoms with van der Waals surface area (Å²) in [5.41, 5.74) is 4.76. The summed E-state index contributed by atoms with van der Waals surface area (Å²) in [4.78, 5) is 30.5. The lowest BCUT2D eigenvalue weighted by Gasteiger charge is -2.39. The highest BCUT2D eigenvalue weighted by Crippen LogP contribution is 2.37. The van der Waals surface area contributed by atoms with Crippen LogP contribution in [0.2, 0.25) is 0 Å². The molecule has 1 atom stereocenters. The van der Waals surface area contributed by atoms with Gasteiger partial charge in [-0.2, -0.15) is 0 Å². The number of methoxy groups -OCH3 is 1. The van der Waals surface area contributed by atoms with Crippen LogP contribution in [0.3, 0.4) is 0 Å². The molecule has 3 aromatic rings. The molecule has 1 aliphatic heterocycles. The number of para-hydroxylation sites is 2.